The first-order valence-electron chi connectivity index (χ1n) is 5.71. The van der Waals surface area contributed by atoms with Crippen LogP contribution in [0.25, 0.3) is 0 Å². The second-order valence-electron chi connectivity index (χ2n) is 4.50. The van der Waals surface area contributed by atoms with E-state index in [1.165, 1.54) is 27.9 Å². The van der Waals surface area contributed by atoms with Crippen LogP contribution in [0, 0.1) is 0 Å². The van der Waals surface area contributed by atoms with E-state index in [1.807, 2.05) is 0 Å². The molecule has 0 aliphatic heterocycles. The highest BCUT2D eigenvalue weighted by molar-refractivity contribution is 5.45. The van der Waals surface area contributed by atoms with Crippen LogP contribution in [0.4, 0.5) is 0 Å². The SMILES string of the molecule is CN(C)n1c(O)cc(Cc2ccc(O)cc2O)c1O. The van der Waals surface area contributed by atoms with Crippen molar-refractivity contribution in [3.8, 4) is 23.3 Å². The number of phenols is 2. The highest BCUT2D eigenvalue weighted by Crippen LogP contribution is 2.32. The molecule has 0 aliphatic carbocycles. The number of hydrogen-bond donors (Lipinski definition) is 4. The van der Waals surface area contributed by atoms with Gasteiger partial charge in [-0.3, -0.25) is 0 Å². The van der Waals surface area contributed by atoms with E-state index >= 15 is 0 Å². The fourth-order valence-electron chi connectivity index (χ4n) is 1.96. The fourth-order valence-corrected chi connectivity index (χ4v) is 1.96. The van der Waals surface area contributed by atoms with Gasteiger partial charge in [0.1, 0.15) is 11.5 Å². The number of aromatic hydroxyl groups is 4. The van der Waals surface area contributed by atoms with Crippen LogP contribution in [0.2, 0.25) is 0 Å². The standard InChI is InChI=1S/C13H16N2O4/c1-14(2)15-12(18)6-9(13(15)19)5-8-3-4-10(16)7-11(8)17/h3-4,6-7,16-19H,5H2,1-2H3. The number of benzene rings is 1. The van der Waals surface area contributed by atoms with E-state index in [0.29, 0.717) is 11.1 Å². The molecule has 0 fully saturated rings. The molecule has 2 aromatic rings. The van der Waals surface area contributed by atoms with Crippen molar-refractivity contribution >= 4 is 0 Å². The molecule has 0 spiro atoms. The Hall–Kier alpha value is -2.50. The second-order valence-corrected chi connectivity index (χ2v) is 4.50. The molecular weight excluding hydrogens is 248 g/mol. The van der Waals surface area contributed by atoms with E-state index in [1.54, 1.807) is 20.2 Å². The summed E-state index contributed by atoms with van der Waals surface area (Å²) in [6, 6.07) is 5.68. The van der Waals surface area contributed by atoms with Gasteiger partial charge in [0, 0.05) is 38.2 Å². The Bertz CT molecular complexity index is 605. The van der Waals surface area contributed by atoms with Crippen LogP contribution in [0.15, 0.2) is 24.3 Å². The Labute approximate surface area is 110 Å². The molecule has 1 aromatic heterocycles. The maximum atomic E-state index is 10.0. The third kappa shape index (κ3) is 2.37. The third-order valence-corrected chi connectivity index (χ3v) is 2.86. The maximum absolute atomic E-state index is 10.0. The first-order chi connectivity index (χ1) is 8.90. The average molecular weight is 264 g/mol. The molecule has 4 N–H and O–H groups in total. The van der Waals surface area contributed by atoms with Crippen LogP contribution in [-0.2, 0) is 6.42 Å². The molecule has 0 saturated carbocycles. The summed E-state index contributed by atoms with van der Waals surface area (Å²) in [5.74, 6) is -0.263. The van der Waals surface area contributed by atoms with Gasteiger partial charge in [-0.05, 0) is 11.6 Å². The van der Waals surface area contributed by atoms with Crippen molar-refractivity contribution in [3.63, 3.8) is 0 Å². The van der Waals surface area contributed by atoms with Gasteiger partial charge >= 0.3 is 0 Å². The molecule has 1 heterocycles. The van der Waals surface area contributed by atoms with Crippen molar-refractivity contribution in [2.24, 2.45) is 0 Å². The van der Waals surface area contributed by atoms with E-state index in [2.05, 4.69) is 0 Å². The zero-order valence-corrected chi connectivity index (χ0v) is 10.7. The quantitative estimate of drug-likeness (QED) is 0.666. The van der Waals surface area contributed by atoms with E-state index in [9.17, 15) is 20.4 Å². The molecule has 2 rings (SSSR count). The molecule has 0 radical (unpaired) electrons. The Morgan fingerprint density at radius 3 is 2.21 bits per heavy atom. The monoisotopic (exact) mass is 264 g/mol. The first kappa shape index (κ1) is 12.9. The summed E-state index contributed by atoms with van der Waals surface area (Å²) in [4.78, 5) is 0. The molecule has 102 valence electrons. The summed E-state index contributed by atoms with van der Waals surface area (Å²) in [7, 11) is 3.36. The Balaban J connectivity index is 2.36. The van der Waals surface area contributed by atoms with E-state index in [0.717, 1.165) is 0 Å². The maximum Gasteiger partial charge on any atom is 0.217 e. The minimum absolute atomic E-state index is 0.0285. The number of hydrogen-bond acceptors (Lipinski definition) is 5. The van der Waals surface area contributed by atoms with Crippen molar-refractivity contribution in [1.29, 1.82) is 0 Å². The fraction of sp³-hybridized carbons (Fsp3) is 0.231. The molecule has 6 heteroatoms. The van der Waals surface area contributed by atoms with Crippen LogP contribution in [0.5, 0.6) is 23.3 Å². The normalized spacial score (nSPS) is 10.6. The summed E-state index contributed by atoms with van der Waals surface area (Å²) in [5, 5.41) is 40.2. The lowest BCUT2D eigenvalue weighted by Gasteiger charge is -2.16. The van der Waals surface area contributed by atoms with Crippen LogP contribution in [-0.4, -0.2) is 39.2 Å². The molecule has 0 bridgehead atoms. The van der Waals surface area contributed by atoms with Crippen LogP contribution >= 0.6 is 0 Å². The minimum Gasteiger partial charge on any atom is -0.508 e. The average Bonchev–Trinajstić information content (AvgIpc) is 2.58. The van der Waals surface area contributed by atoms with Crippen LogP contribution in [0.3, 0.4) is 0 Å². The molecule has 0 atom stereocenters. The molecule has 6 nitrogen and oxygen atoms in total. The van der Waals surface area contributed by atoms with Gasteiger partial charge in [0.2, 0.25) is 11.8 Å². The van der Waals surface area contributed by atoms with Crippen LogP contribution < -0.4 is 5.01 Å². The van der Waals surface area contributed by atoms with Crippen molar-refractivity contribution in [1.82, 2.24) is 4.68 Å². The van der Waals surface area contributed by atoms with E-state index < -0.39 is 0 Å². The van der Waals surface area contributed by atoms with Gasteiger partial charge < -0.3 is 25.4 Å². The number of nitrogens with zero attached hydrogens (tertiary/aromatic N) is 2. The van der Waals surface area contributed by atoms with Crippen LogP contribution in [0.1, 0.15) is 11.1 Å². The van der Waals surface area contributed by atoms with Gasteiger partial charge in [0.15, 0.2) is 0 Å². The van der Waals surface area contributed by atoms with Gasteiger partial charge in [0.25, 0.3) is 0 Å². The van der Waals surface area contributed by atoms with Crippen molar-refractivity contribution in [2.75, 3.05) is 19.1 Å². The summed E-state index contributed by atoms with van der Waals surface area (Å²) in [5.41, 5.74) is 1.02. The Kier molecular flexibility index (Phi) is 3.16. The molecule has 0 saturated heterocycles. The molecular formula is C13H16N2O4. The topological polar surface area (TPSA) is 89.1 Å². The van der Waals surface area contributed by atoms with E-state index in [4.69, 9.17) is 0 Å². The van der Waals surface area contributed by atoms with E-state index in [-0.39, 0.29) is 29.7 Å². The smallest absolute Gasteiger partial charge is 0.217 e. The predicted octanol–water partition coefficient (Wildman–Crippen LogP) is 1.10. The summed E-state index contributed by atoms with van der Waals surface area (Å²) in [6.07, 6.45) is 0.242. The molecule has 1 aromatic carbocycles. The van der Waals surface area contributed by atoms with Gasteiger partial charge in [-0.15, -0.1) is 0 Å². The van der Waals surface area contributed by atoms with Gasteiger partial charge in [-0.2, -0.15) is 4.68 Å². The largest absolute Gasteiger partial charge is 0.508 e. The second kappa shape index (κ2) is 4.64. The zero-order valence-electron chi connectivity index (χ0n) is 10.7. The van der Waals surface area contributed by atoms with Gasteiger partial charge in [0.05, 0.1) is 0 Å². The first-order valence-corrected chi connectivity index (χ1v) is 5.71. The van der Waals surface area contributed by atoms with Gasteiger partial charge in [-0.25, -0.2) is 0 Å². The summed E-state index contributed by atoms with van der Waals surface area (Å²) in [6.45, 7) is 0. The highest BCUT2D eigenvalue weighted by atomic mass is 16.3. The highest BCUT2D eigenvalue weighted by Gasteiger charge is 2.16. The number of rotatable bonds is 3. The molecule has 0 unspecified atom stereocenters. The predicted molar refractivity (Wildman–Crippen MR) is 70.4 cm³/mol. The lowest BCUT2D eigenvalue weighted by molar-refractivity contribution is 0.370. The molecule has 19 heavy (non-hydrogen) atoms. The summed E-state index contributed by atoms with van der Waals surface area (Å²) < 4.78 is 1.24. The Morgan fingerprint density at radius 2 is 1.68 bits per heavy atom. The minimum atomic E-state index is -0.0880. The summed E-state index contributed by atoms with van der Waals surface area (Å²) >= 11 is 0. The van der Waals surface area contributed by atoms with Gasteiger partial charge in [-0.1, -0.05) is 6.07 Å². The Morgan fingerprint density at radius 1 is 1.00 bits per heavy atom. The van der Waals surface area contributed by atoms with Crippen molar-refractivity contribution in [2.45, 2.75) is 6.42 Å². The number of phenolic OH excluding ortho intramolecular Hbond substituents is 2. The molecule has 0 aliphatic rings. The molecule has 0 amide bonds. The lowest BCUT2D eigenvalue weighted by Crippen LogP contribution is -2.23. The third-order valence-electron chi connectivity index (χ3n) is 2.86. The number of aromatic nitrogens is 1. The lowest BCUT2D eigenvalue weighted by atomic mass is 10.1. The van der Waals surface area contributed by atoms with Crippen molar-refractivity contribution in [3.05, 3.63) is 35.4 Å². The van der Waals surface area contributed by atoms with Crippen molar-refractivity contribution < 1.29 is 20.4 Å². The zero-order chi connectivity index (χ0) is 14.2.